The van der Waals surface area contributed by atoms with Crippen LogP contribution in [-0.4, -0.2) is 80.3 Å². The predicted octanol–water partition coefficient (Wildman–Crippen LogP) is 16.8. The van der Waals surface area contributed by atoms with Crippen LogP contribution < -0.4 is 50.8 Å². The second kappa shape index (κ2) is 47.4. The number of benzene rings is 4. The van der Waals surface area contributed by atoms with E-state index in [1.807, 2.05) is 299 Å². The number of aliphatic hydroxyl groups is 1. The molecular formula is C96H107BrClN8NaO14. The summed E-state index contributed by atoms with van der Waals surface area (Å²) < 4.78 is 36.5. The molecule has 4 unspecified atom stereocenters. The SMILES string of the molecule is BrCc1ccccc1.CCOC(=O)c1cc2cccn2c(C(C)O)c1C.CCOC(=O)c1cc2cccn2c(C(C)OCc2ccccc2)c1C.Cc1c(C(=O)O)cc2cccn2c1C(C)OCc1ccccc1.Cc1cc(C)c(CNC(=O)c2cc3cccn3c(C(C)OCc3ccccc3)c2C)c(=O)[nH]1.Cc1cc(C)c(CNCl)c(=O)[nH]1.[Na+].[OH-]. The Bertz CT molecular complexity index is 5870. The van der Waals surface area contributed by atoms with Crippen molar-refractivity contribution in [1.82, 2.24) is 37.7 Å². The fraction of sp³-hybridized carbons (Fsp3) is 0.271. The first-order valence-electron chi connectivity index (χ1n) is 39.4. The minimum absolute atomic E-state index is 0. The van der Waals surface area contributed by atoms with E-state index in [9.17, 15) is 39.0 Å². The summed E-state index contributed by atoms with van der Waals surface area (Å²) in [6.45, 7) is 29.0. The first-order valence-corrected chi connectivity index (χ1v) is 40.9. The molecule has 0 fully saturated rings. The zero-order valence-corrected chi connectivity index (χ0v) is 75.6. The number of hydrogen-bond donors (Lipinski definition) is 6. The first-order chi connectivity index (χ1) is 57.2. The second-order valence-electron chi connectivity index (χ2n) is 28.7. The number of carbonyl (C=O) groups excluding carboxylic acids is 3. The van der Waals surface area contributed by atoms with Gasteiger partial charge < -0.3 is 72.3 Å². The molecule has 0 spiro atoms. The number of H-pyrrole nitrogens is 2. The molecule has 0 aliphatic rings. The van der Waals surface area contributed by atoms with Crippen LogP contribution in [0.1, 0.15) is 208 Å². The van der Waals surface area contributed by atoms with Gasteiger partial charge in [-0.25, -0.2) is 19.2 Å². The number of carboxylic acid groups (broad SMARTS) is 1. The van der Waals surface area contributed by atoms with Crippen molar-refractivity contribution < 1.29 is 88.1 Å². The van der Waals surface area contributed by atoms with Crippen molar-refractivity contribution in [3.63, 3.8) is 0 Å². The van der Waals surface area contributed by atoms with Crippen LogP contribution in [0.3, 0.4) is 0 Å². The molecule has 25 heteroatoms. The molecule has 630 valence electrons. The number of aromatic carboxylic acids is 1. The van der Waals surface area contributed by atoms with E-state index in [0.29, 0.717) is 73.0 Å². The van der Waals surface area contributed by atoms with Crippen molar-refractivity contribution in [2.45, 2.75) is 160 Å². The van der Waals surface area contributed by atoms with E-state index in [4.69, 9.17) is 35.5 Å². The van der Waals surface area contributed by atoms with Gasteiger partial charge in [-0.15, -0.1) is 0 Å². The number of nitrogens with zero attached hydrogens (tertiary/aromatic N) is 4. The summed E-state index contributed by atoms with van der Waals surface area (Å²) in [5.41, 5.74) is 21.5. The van der Waals surface area contributed by atoms with Gasteiger partial charge in [0, 0.05) is 93.4 Å². The number of aromatic nitrogens is 6. The number of halogens is 2. The maximum Gasteiger partial charge on any atom is 1.00 e. The van der Waals surface area contributed by atoms with Gasteiger partial charge in [0.2, 0.25) is 0 Å². The summed E-state index contributed by atoms with van der Waals surface area (Å²) in [4.78, 5) is 80.4. The quantitative estimate of drug-likeness (QED) is 0.0142. The Hall–Kier alpha value is -10.8. The van der Waals surface area contributed by atoms with Crippen molar-refractivity contribution in [3.05, 3.63) is 375 Å². The molecule has 0 aliphatic heterocycles. The van der Waals surface area contributed by atoms with Gasteiger partial charge in [-0.05, 0) is 249 Å². The summed E-state index contributed by atoms with van der Waals surface area (Å²) in [5.74, 6) is -1.77. The Morgan fingerprint density at radius 2 is 0.744 bits per heavy atom. The van der Waals surface area contributed by atoms with Gasteiger partial charge in [0.1, 0.15) is 0 Å². The maximum absolute atomic E-state index is 13.2. The first kappa shape index (κ1) is 97.4. The van der Waals surface area contributed by atoms with Crippen molar-refractivity contribution in [1.29, 1.82) is 0 Å². The zero-order valence-electron chi connectivity index (χ0n) is 71.3. The van der Waals surface area contributed by atoms with E-state index in [-0.39, 0.29) is 88.9 Å². The van der Waals surface area contributed by atoms with Gasteiger partial charge in [0.25, 0.3) is 17.0 Å². The van der Waals surface area contributed by atoms with Crippen LogP contribution >= 0.6 is 27.7 Å². The normalized spacial score (nSPS) is 11.7. The fourth-order valence-electron chi connectivity index (χ4n) is 14.3. The number of ether oxygens (including phenoxy) is 5. The summed E-state index contributed by atoms with van der Waals surface area (Å²) in [6, 6.07) is 66.9. The van der Waals surface area contributed by atoms with Crippen molar-refractivity contribution in [2.75, 3.05) is 13.2 Å². The molecule has 0 saturated carbocycles. The van der Waals surface area contributed by atoms with E-state index in [1.54, 1.807) is 26.0 Å². The van der Waals surface area contributed by atoms with Gasteiger partial charge in [0.15, 0.2) is 0 Å². The van der Waals surface area contributed by atoms with Gasteiger partial charge >= 0.3 is 47.5 Å². The number of carboxylic acids is 1. The van der Waals surface area contributed by atoms with E-state index in [2.05, 4.69) is 57.0 Å². The number of aromatic amines is 2. The molecule has 0 bridgehead atoms. The molecule has 10 heterocycles. The van der Waals surface area contributed by atoms with Crippen LogP contribution in [-0.2, 0) is 61.9 Å². The number of rotatable bonds is 24. The Balaban J connectivity index is 0.000000208. The number of alkyl halides is 1. The van der Waals surface area contributed by atoms with Gasteiger partial charge in [-0.1, -0.05) is 137 Å². The zero-order chi connectivity index (χ0) is 86.0. The molecule has 0 saturated heterocycles. The van der Waals surface area contributed by atoms with Crippen LogP contribution in [0.4, 0.5) is 0 Å². The van der Waals surface area contributed by atoms with Crippen LogP contribution in [0, 0.1) is 55.4 Å². The third kappa shape index (κ3) is 25.9. The van der Waals surface area contributed by atoms with Gasteiger partial charge in [-0.2, -0.15) is 0 Å². The third-order valence-corrected chi connectivity index (χ3v) is 21.0. The molecule has 0 aliphatic carbocycles. The average Bonchev–Trinajstić information content (AvgIpc) is 1.72. The molecule has 7 N–H and O–H groups in total. The van der Waals surface area contributed by atoms with E-state index >= 15 is 0 Å². The second-order valence-corrected chi connectivity index (χ2v) is 29.6. The smallest absolute Gasteiger partial charge is 0.870 e. The van der Waals surface area contributed by atoms with Crippen LogP contribution in [0.5, 0.6) is 0 Å². The van der Waals surface area contributed by atoms with E-state index < -0.39 is 12.1 Å². The Morgan fingerprint density at radius 3 is 1.06 bits per heavy atom. The maximum atomic E-state index is 13.2. The molecule has 22 nitrogen and oxygen atoms in total. The molecule has 4 aromatic carbocycles. The summed E-state index contributed by atoms with van der Waals surface area (Å²) in [5, 5.41) is 23.2. The summed E-state index contributed by atoms with van der Waals surface area (Å²) >= 11 is 8.67. The monoisotopic (exact) mass is 1730 g/mol. The van der Waals surface area contributed by atoms with Crippen LogP contribution in [0.2, 0.25) is 0 Å². The average molecular weight is 1740 g/mol. The summed E-state index contributed by atoms with van der Waals surface area (Å²) in [7, 11) is 0. The van der Waals surface area contributed by atoms with Gasteiger partial charge in [0.05, 0.1) is 96.9 Å². The summed E-state index contributed by atoms with van der Waals surface area (Å²) in [6.07, 6.45) is 6.54. The number of esters is 2. The fourth-order valence-corrected chi connectivity index (χ4v) is 14.8. The third-order valence-electron chi connectivity index (χ3n) is 20.2. The molecule has 4 atom stereocenters. The molecule has 121 heavy (non-hydrogen) atoms. The number of pyridine rings is 6. The van der Waals surface area contributed by atoms with E-state index in [0.717, 1.165) is 112 Å². The number of aliphatic hydroxyl groups excluding tert-OH is 1. The standard InChI is InChI=1S/C27H29N3O3.C21H23NO3.C19H19NO3.C14H17NO3.C8H11ClN2O.C7H7Br.Na.H2O/c1-17-13-18(2)29-27(32)24(17)15-28-26(31)23-14-22-11-8-12-30(22)25(19(23)3)20(4)33-16-21-9-6-5-7-10-21;1-4-24-21(23)19-13-18-11-8-12-22(18)20(15(19)2)16(3)25-14-17-9-6-5-7-10-17;1-13-17(19(21)22)11-16-9-6-10-20(16)18(13)14(2)23-12-15-7-4-3-5-8-15;1-4-18-14(17)12-8-11-6-5-7-15(11)13(9(12)2)10(3)16;1-5-3-6(2)11-8(12)7(5)4-10-9;8-6-7-4-2-1-3-5-7;;/h5-14,20H,15-16H2,1-4H3,(H,28,31)(H,29,32);5-13,16H,4,14H2,1-3H3;3-11,14H,12H2,1-2H3,(H,21,22);5-8,10,16H,4H2,1-3H3;3,10H,4H2,1-2H3,(H,11,12);1-5H,6H2;;1H2/q;;;;;;+1;/p-1. The van der Waals surface area contributed by atoms with Crippen LogP contribution in [0.25, 0.3) is 22.1 Å². The topological polar surface area (TPSA) is 292 Å². The van der Waals surface area contributed by atoms with Crippen molar-refractivity contribution in [2.24, 2.45) is 0 Å². The van der Waals surface area contributed by atoms with Crippen molar-refractivity contribution in [3.8, 4) is 0 Å². The largest absolute Gasteiger partial charge is 1.00 e. The van der Waals surface area contributed by atoms with Crippen LogP contribution in [0.15, 0.2) is 241 Å². The number of fused-ring (bicyclic) bond motifs is 4. The predicted molar refractivity (Wildman–Crippen MR) is 475 cm³/mol. The molecule has 14 aromatic rings. The number of amides is 1. The number of carbonyl (C=O) groups is 4. The molecular weight excluding hydrogens is 1630 g/mol. The number of nitrogens with one attached hydrogen (secondary N) is 4. The number of hydrogen-bond acceptors (Lipinski definition) is 14. The Kier molecular flexibility index (Phi) is 38.2. The Labute approximate surface area is 741 Å². The Morgan fingerprint density at radius 1 is 0.438 bits per heavy atom. The van der Waals surface area contributed by atoms with E-state index in [1.165, 1.54) is 5.56 Å². The minimum Gasteiger partial charge on any atom is -0.870 e. The number of aryl methyl sites for hydroxylation is 4. The van der Waals surface area contributed by atoms with Gasteiger partial charge in [-0.3, -0.25) is 14.4 Å². The minimum atomic E-state index is -0.914. The molecule has 14 rings (SSSR count). The molecule has 0 radical (unpaired) electrons. The molecule has 1 amide bonds. The molecule has 10 aromatic heterocycles. The van der Waals surface area contributed by atoms with Crippen molar-refractivity contribution >= 4 is 73.6 Å².